The van der Waals surface area contributed by atoms with Gasteiger partial charge in [-0.25, -0.2) is 0 Å². The highest BCUT2D eigenvalue weighted by Crippen LogP contribution is 2.33. The Morgan fingerprint density at radius 1 is 1.92 bits per heavy atom. The van der Waals surface area contributed by atoms with Gasteiger partial charge in [-0.1, -0.05) is 0 Å². The lowest BCUT2D eigenvalue weighted by atomic mass is 10.1. The monoisotopic (exact) mass is 189 g/mol. The van der Waals surface area contributed by atoms with E-state index in [1.807, 2.05) is 0 Å². The summed E-state index contributed by atoms with van der Waals surface area (Å²) in [5, 5.41) is 27.1. The lowest BCUT2D eigenvalue weighted by Crippen LogP contribution is -2.49. The van der Waals surface area contributed by atoms with Crippen LogP contribution in [0.3, 0.4) is 0 Å². The molecule has 1 heterocycles. The van der Waals surface area contributed by atoms with Crippen LogP contribution < -0.4 is 5.73 Å². The van der Waals surface area contributed by atoms with Crippen molar-refractivity contribution in [2.45, 2.75) is 11.0 Å². The van der Waals surface area contributed by atoms with Crippen molar-refractivity contribution < 1.29 is 10.0 Å². The number of nitrogens with zero attached hydrogens (tertiary/aromatic N) is 1. The number of thioether (sulfide) groups is 1. The average Bonchev–Trinajstić information content (AvgIpc) is 2.32. The molecule has 12 heavy (non-hydrogen) atoms. The maximum Gasteiger partial charge on any atom is 0.362 e. The molecule has 2 atom stereocenters. The number of hydrogen-bond acceptors (Lipinski definition) is 5. The molecule has 4 N–H and O–H groups in total. The van der Waals surface area contributed by atoms with Gasteiger partial charge in [0.25, 0.3) is 0 Å². The van der Waals surface area contributed by atoms with E-state index < -0.39 is 21.7 Å². The minimum Gasteiger partial charge on any atom is -0.386 e. The summed E-state index contributed by atoms with van der Waals surface area (Å²) in [6, 6.07) is 0. The highest BCUT2D eigenvalue weighted by atomic mass is 32.2. The Balaban J connectivity index is 2.95. The second kappa shape index (κ2) is 2.76. The highest BCUT2D eigenvalue weighted by molar-refractivity contribution is 8.03. The van der Waals surface area contributed by atoms with Gasteiger partial charge in [-0.3, -0.25) is 15.5 Å². The van der Waals surface area contributed by atoms with Crippen molar-refractivity contribution in [1.82, 2.24) is 0 Å². The summed E-state index contributed by atoms with van der Waals surface area (Å²) in [4.78, 5) is 9.53. The van der Waals surface area contributed by atoms with Gasteiger partial charge in [0.2, 0.25) is 0 Å². The topological polar surface area (TPSA) is 113 Å². The minimum absolute atomic E-state index is 0.399. The van der Waals surface area contributed by atoms with Gasteiger partial charge in [-0.05, 0) is 5.41 Å². The zero-order valence-corrected chi connectivity index (χ0v) is 6.75. The number of nitrogens with two attached hydrogens (primary N) is 1. The summed E-state index contributed by atoms with van der Waals surface area (Å²) in [7, 11) is 0. The lowest BCUT2D eigenvalue weighted by molar-refractivity contribution is -0.603. The number of nitro groups is 1. The molecule has 7 heteroatoms. The zero-order chi connectivity index (χ0) is 9.35. The quantitative estimate of drug-likeness (QED) is 0.178. The van der Waals surface area contributed by atoms with Crippen molar-refractivity contribution in [3.05, 3.63) is 21.6 Å². The van der Waals surface area contributed by atoms with Crippen molar-refractivity contribution in [3.63, 3.8) is 0 Å². The Bertz CT molecular complexity index is 267. The van der Waals surface area contributed by atoms with Crippen LogP contribution in [0.15, 0.2) is 11.5 Å². The third kappa shape index (κ3) is 1.16. The van der Waals surface area contributed by atoms with E-state index in [9.17, 15) is 15.2 Å². The van der Waals surface area contributed by atoms with Crippen molar-refractivity contribution >= 4 is 17.6 Å². The number of nitrogens with one attached hydrogen (secondary N) is 1. The molecule has 0 aromatic rings. The van der Waals surface area contributed by atoms with E-state index in [4.69, 9.17) is 11.1 Å². The summed E-state index contributed by atoms with van der Waals surface area (Å²) < 4.78 is 0. The van der Waals surface area contributed by atoms with Crippen LogP contribution in [0.5, 0.6) is 0 Å². The Morgan fingerprint density at radius 2 is 2.50 bits per heavy atom. The van der Waals surface area contributed by atoms with Gasteiger partial charge in [0, 0.05) is 6.08 Å². The Kier molecular flexibility index (Phi) is 2.07. The maximum absolute atomic E-state index is 10.4. The van der Waals surface area contributed by atoms with Gasteiger partial charge >= 0.3 is 5.72 Å². The predicted molar refractivity (Wildman–Crippen MR) is 44.4 cm³/mol. The van der Waals surface area contributed by atoms with E-state index in [0.29, 0.717) is 0 Å². The summed E-state index contributed by atoms with van der Waals surface area (Å²) in [5.74, 6) is -0.399. The molecular formula is C5H7N3O3S. The summed E-state index contributed by atoms with van der Waals surface area (Å²) in [6.45, 7) is 0. The van der Waals surface area contributed by atoms with E-state index in [-0.39, 0.29) is 0 Å². The normalized spacial score (nSPS) is 33.6. The molecule has 1 aliphatic rings. The zero-order valence-electron chi connectivity index (χ0n) is 5.93. The van der Waals surface area contributed by atoms with Gasteiger partial charge < -0.3 is 10.8 Å². The standard InChI is InChI=1S/C5H7N3O3S/c6-4(7)3-5(9,8(10)11)1-2-12-3/h1-3,9H,(H3,6,7). The first kappa shape index (κ1) is 9.01. The first-order valence-corrected chi connectivity index (χ1v) is 3.96. The molecular weight excluding hydrogens is 182 g/mol. The highest BCUT2D eigenvalue weighted by Gasteiger charge is 2.51. The molecule has 0 radical (unpaired) electrons. The van der Waals surface area contributed by atoms with Gasteiger partial charge in [0.15, 0.2) is 5.25 Å². The molecule has 0 saturated carbocycles. The molecule has 0 aromatic heterocycles. The Morgan fingerprint density at radius 3 is 2.83 bits per heavy atom. The van der Waals surface area contributed by atoms with Crippen LogP contribution >= 0.6 is 11.8 Å². The number of amidine groups is 1. The average molecular weight is 189 g/mol. The molecule has 0 aromatic carbocycles. The van der Waals surface area contributed by atoms with Crippen LogP contribution in [0, 0.1) is 15.5 Å². The minimum atomic E-state index is -2.21. The van der Waals surface area contributed by atoms with Gasteiger partial charge in [-0.15, -0.1) is 11.8 Å². The molecule has 1 rings (SSSR count). The van der Waals surface area contributed by atoms with Crippen LogP contribution in [0.25, 0.3) is 0 Å². The van der Waals surface area contributed by atoms with Crippen LogP contribution in [0.1, 0.15) is 0 Å². The third-order valence-corrected chi connectivity index (χ3v) is 2.66. The van der Waals surface area contributed by atoms with Crippen molar-refractivity contribution in [1.29, 1.82) is 5.41 Å². The molecule has 0 fully saturated rings. The van der Waals surface area contributed by atoms with E-state index >= 15 is 0 Å². The molecule has 66 valence electrons. The summed E-state index contributed by atoms with van der Waals surface area (Å²) in [6.07, 6.45) is 1.03. The molecule has 0 spiro atoms. The first-order valence-electron chi connectivity index (χ1n) is 3.02. The SMILES string of the molecule is N=C(N)C1SC=CC1(O)[N+](=O)[O-]. The molecule has 0 bridgehead atoms. The van der Waals surface area contributed by atoms with E-state index in [1.54, 1.807) is 0 Å². The van der Waals surface area contributed by atoms with Crippen LogP contribution in [0.4, 0.5) is 0 Å². The first-order chi connectivity index (χ1) is 5.48. The van der Waals surface area contributed by atoms with Crippen molar-refractivity contribution in [3.8, 4) is 0 Å². The maximum atomic E-state index is 10.4. The van der Waals surface area contributed by atoms with Gasteiger partial charge in [-0.2, -0.15) is 0 Å². The third-order valence-electron chi connectivity index (χ3n) is 1.49. The molecule has 0 amide bonds. The second-order valence-corrected chi connectivity index (χ2v) is 3.33. The fourth-order valence-corrected chi connectivity index (χ4v) is 1.81. The van der Waals surface area contributed by atoms with Crippen LogP contribution in [-0.2, 0) is 0 Å². The fraction of sp³-hybridized carbons (Fsp3) is 0.400. The Labute approximate surface area is 72.1 Å². The van der Waals surface area contributed by atoms with E-state index in [1.165, 1.54) is 5.41 Å². The fourth-order valence-electron chi connectivity index (χ4n) is 0.864. The molecule has 6 nitrogen and oxygen atoms in total. The summed E-state index contributed by atoms with van der Waals surface area (Å²) >= 11 is 0.964. The molecule has 0 saturated heterocycles. The number of rotatable bonds is 2. The molecule has 0 aliphatic carbocycles. The smallest absolute Gasteiger partial charge is 0.362 e. The van der Waals surface area contributed by atoms with Crippen molar-refractivity contribution in [2.75, 3.05) is 0 Å². The molecule has 2 unspecified atom stereocenters. The Hall–Kier alpha value is -1.08. The van der Waals surface area contributed by atoms with Crippen LogP contribution in [-0.4, -0.2) is 26.8 Å². The molecule has 1 aliphatic heterocycles. The van der Waals surface area contributed by atoms with Crippen molar-refractivity contribution in [2.24, 2.45) is 5.73 Å². The van der Waals surface area contributed by atoms with E-state index in [2.05, 4.69) is 0 Å². The number of hydrogen-bond donors (Lipinski definition) is 3. The van der Waals surface area contributed by atoms with Crippen LogP contribution in [0.2, 0.25) is 0 Å². The number of aliphatic hydroxyl groups is 1. The van der Waals surface area contributed by atoms with Gasteiger partial charge in [0.05, 0.1) is 4.92 Å². The second-order valence-electron chi connectivity index (χ2n) is 2.31. The lowest BCUT2D eigenvalue weighted by Gasteiger charge is -2.17. The van der Waals surface area contributed by atoms with Gasteiger partial charge in [0.1, 0.15) is 5.84 Å². The largest absolute Gasteiger partial charge is 0.386 e. The van der Waals surface area contributed by atoms with E-state index in [0.717, 1.165) is 17.8 Å². The predicted octanol–water partition coefficient (Wildman–Crippen LogP) is -0.483. The summed E-state index contributed by atoms with van der Waals surface area (Å²) in [5.41, 5.74) is 2.86.